The van der Waals surface area contributed by atoms with Gasteiger partial charge in [-0.3, -0.25) is 0 Å². The van der Waals surface area contributed by atoms with E-state index in [4.69, 9.17) is 0 Å². The van der Waals surface area contributed by atoms with Crippen molar-refractivity contribution in [3.05, 3.63) is 42.9 Å². The Balaban J connectivity index is 1.65. The standard InChI is InChI=1S/C18H12N6O2S3/c1-5-9-13(21-17(25)19-9)15(27-5)7-3-4-8(12-11(7)23-29-24-12)16-14-10(6(2)28-16)20-18(26)22-14/h3-4H,1-2H3,(H2,19,21,25)(H2,20,22,26). The van der Waals surface area contributed by atoms with Gasteiger partial charge in [-0.05, 0) is 13.8 Å². The highest BCUT2D eigenvalue weighted by Gasteiger charge is 2.22. The van der Waals surface area contributed by atoms with Crippen LogP contribution in [0.5, 0.6) is 0 Å². The van der Waals surface area contributed by atoms with E-state index in [9.17, 15) is 9.59 Å². The van der Waals surface area contributed by atoms with Crippen LogP contribution in [0.25, 0.3) is 54.0 Å². The summed E-state index contributed by atoms with van der Waals surface area (Å²) < 4.78 is 9.11. The molecule has 6 aromatic rings. The highest BCUT2D eigenvalue weighted by molar-refractivity contribution is 7.18. The SMILES string of the molecule is Cc1sc(-c2ccc(-c3sc(C)c4[nH]c(=O)[nH]c34)c3nsnc23)c2[nH]c(=O)[nH]c12. The second kappa shape index (κ2) is 5.75. The summed E-state index contributed by atoms with van der Waals surface area (Å²) in [5.74, 6) is 0. The number of aromatic nitrogens is 6. The van der Waals surface area contributed by atoms with E-state index in [0.29, 0.717) is 0 Å². The monoisotopic (exact) mass is 440 g/mol. The molecule has 0 saturated carbocycles. The molecule has 0 bridgehead atoms. The molecular formula is C18H12N6O2S3. The van der Waals surface area contributed by atoms with Crippen LogP contribution < -0.4 is 11.4 Å². The Morgan fingerprint density at radius 2 is 1.10 bits per heavy atom. The van der Waals surface area contributed by atoms with Crippen LogP contribution in [0, 0.1) is 13.8 Å². The molecule has 5 aromatic heterocycles. The summed E-state index contributed by atoms with van der Waals surface area (Å²) in [5, 5.41) is 0. The Morgan fingerprint density at radius 3 is 1.55 bits per heavy atom. The number of hydrogen-bond donors (Lipinski definition) is 4. The largest absolute Gasteiger partial charge is 0.323 e. The van der Waals surface area contributed by atoms with Crippen molar-refractivity contribution in [1.82, 2.24) is 28.7 Å². The maximum absolute atomic E-state index is 11.8. The minimum absolute atomic E-state index is 0.218. The molecular weight excluding hydrogens is 428 g/mol. The summed E-state index contributed by atoms with van der Waals surface area (Å²) in [7, 11) is 0. The Hall–Kier alpha value is -3.02. The van der Waals surface area contributed by atoms with Crippen LogP contribution >= 0.6 is 34.4 Å². The molecule has 0 aliphatic rings. The summed E-state index contributed by atoms with van der Waals surface area (Å²) in [6.07, 6.45) is 0. The molecule has 5 heterocycles. The van der Waals surface area contributed by atoms with E-state index in [-0.39, 0.29) is 11.4 Å². The molecule has 0 unspecified atom stereocenters. The van der Waals surface area contributed by atoms with Crippen molar-refractivity contribution in [2.24, 2.45) is 0 Å². The van der Waals surface area contributed by atoms with Gasteiger partial charge in [0.05, 0.1) is 43.5 Å². The zero-order valence-electron chi connectivity index (χ0n) is 15.1. The number of hydrogen-bond acceptors (Lipinski definition) is 7. The minimum Gasteiger partial charge on any atom is -0.305 e. The number of fused-ring (bicyclic) bond motifs is 3. The third kappa shape index (κ3) is 2.29. The number of thiophene rings is 2. The molecule has 4 N–H and O–H groups in total. The van der Waals surface area contributed by atoms with Crippen molar-refractivity contribution in [3.8, 4) is 20.9 Å². The summed E-state index contributed by atoms with van der Waals surface area (Å²) in [4.78, 5) is 39.1. The number of nitrogens with zero attached hydrogens (tertiary/aromatic N) is 2. The van der Waals surface area contributed by atoms with E-state index in [2.05, 4.69) is 28.7 Å². The molecule has 0 amide bonds. The molecule has 6 rings (SSSR count). The van der Waals surface area contributed by atoms with Crippen molar-refractivity contribution >= 4 is 67.5 Å². The molecule has 29 heavy (non-hydrogen) atoms. The zero-order chi connectivity index (χ0) is 19.9. The van der Waals surface area contributed by atoms with Crippen molar-refractivity contribution < 1.29 is 0 Å². The number of aromatic amines is 4. The van der Waals surface area contributed by atoms with Crippen molar-refractivity contribution in [1.29, 1.82) is 0 Å². The van der Waals surface area contributed by atoms with E-state index in [1.165, 1.54) is 0 Å². The Bertz CT molecular complexity index is 1560. The first-order valence-electron chi connectivity index (χ1n) is 8.70. The Kier molecular flexibility index (Phi) is 3.35. The molecule has 0 atom stereocenters. The van der Waals surface area contributed by atoms with Crippen LogP contribution in [-0.4, -0.2) is 28.7 Å². The second-order valence-electron chi connectivity index (χ2n) is 6.76. The fourth-order valence-corrected chi connectivity index (χ4v) is 6.51. The number of benzene rings is 1. The maximum atomic E-state index is 11.8. The lowest BCUT2D eigenvalue weighted by Crippen LogP contribution is -2.00. The van der Waals surface area contributed by atoms with E-state index >= 15 is 0 Å². The predicted octanol–water partition coefficient (Wildman–Crippen LogP) is 4.10. The van der Waals surface area contributed by atoms with E-state index in [1.54, 1.807) is 22.7 Å². The molecule has 8 nitrogen and oxygen atoms in total. The molecule has 1 aromatic carbocycles. The van der Waals surface area contributed by atoms with E-state index in [1.807, 2.05) is 26.0 Å². The first-order chi connectivity index (χ1) is 14.0. The molecule has 0 fully saturated rings. The third-order valence-electron chi connectivity index (χ3n) is 5.03. The van der Waals surface area contributed by atoms with Crippen LogP contribution in [0.1, 0.15) is 9.75 Å². The van der Waals surface area contributed by atoms with Gasteiger partial charge in [0.1, 0.15) is 11.0 Å². The van der Waals surface area contributed by atoms with E-state index in [0.717, 1.165) is 75.5 Å². The number of rotatable bonds is 2. The summed E-state index contributed by atoms with van der Waals surface area (Å²) in [6.45, 7) is 3.97. The zero-order valence-corrected chi connectivity index (χ0v) is 17.5. The number of H-pyrrole nitrogens is 4. The molecule has 0 saturated heterocycles. The lowest BCUT2D eigenvalue weighted by atomic mass is 10.0. The highest BCUT2D eigenvalue weighted by Crippen LogP contribution is 2.44. The fourth-order valence-electron chi connectivity index (χ4n) is 3.76. The Morgan fingerprint density at radius 1 is 0.690 bits per heavy atom. The van der Waals surface area contributed by atoms with Crippen LogP contribution in [0.15, 0.2) is 21.7 Å². The normalized spacial score (nSPS) is 12.1. The molecule has 0 radical (unpaired) electrons. The van der Waals surface area contributed by atoms with Gasteiger partial charge >= 0.3 is 11.4 Å². The van der Waals surface area contributed by atoms with Crippen LogP contribution in [0.3, 0.4) is 0 Å². The van der Waals surface area contributed by atoms with Crippen LogP contribution in [0.4, 0.5) is 0 Å². The first kappa shape index (κ1) is 16.9. The predicted molar refractivity (Wildman–Crippen MR) is 118 cm³/mol. The van der Waals surface area contributed by atoms with Gasteiger partial charge in [0.2, 0.25) is 0 Å². The lowest BCUT2D eigenvalue weighted by molar-refractivity contribution is 1.21. The molecule has 144 valence electrons. The van der Waals surface area contributed by atoms with Crippen LogP contribution in [-0.2, 0) is 0 Å². The molecule has 11 heteroatoms. The van der Waals surface area contributed by atoms with Gasteiger partial charge in [-0.25, -0.2) is 9.59 Å². The molecule has 0 aliphatic heterocycles. The number of aryl methyl sites for hydroxylation is 2. The van der Waals surface area contributed by atoms with Crippen molar-refractivity contribution in [2.75, 3.05) is 0 Å². The van der Waals surface area contributed by atoms with Crippen molar-refractivity contribution in [2.45, 2.75) is 13.8 Å². The van der Waals surface area contributed by atoms with Crippen LogP contribution in [0.2, 0.25) is 0 Å². The highest BCUT2D eigenvalue weighted by atomic mass is 32.1. The summed E-state index contributed by atoms with van der Waals surface area (Å²) >= 11 is 4.38. The first-order valence-corrected chi connectivity index (χ1v) is 11.1. The quantitative estimate of drug-likeness (QED) is 0.324. The topological polar surface area (TPSA) is 123 Å². The average Bonchev–Trinajstić information content (AvgIpc) is 3.46. The van der Waals surface area contributed by atoms with Gasteiger partial charge in [-0.2, -0.15) is 8.75 Å². The van der Waals surface area contributed by atoms with Gasteiger partial charge in [-0.15, -0.1) is 22.7 Å². The average molecular weight is 441 g/mol. The minimum atomic E-state index is -0.218. The van der Waals surface area contributed by atoms with Gasteiger partial charge in [-0.1, -0.05) is 12.1 Å². The van der Waals surface area contributed by atoms with Gasteiger partial charge in [0, 0.05) is 20.9 Å². The molecule has 0 aliphatic carbocycles. The smallest absolute Gasteiger partial charge is 0.305 e. The van der Waals surface area contributed by atoms with E-state index < -0.39 is 0 Å². The second-order valence-corrected chi connectivity index (χ2v) is 9.73. The third-order valence-corrected chi connectivity index (χ3v) is 7.83. The van der Waals surface area contributed by atoms with Gasteiger partial charge < -0.3 is 19.9 Å². The number of nitrogens with one attached hydrogen (secondary N) is 4. The van der Waals surface area contributed by atoms with Crippen molar-refractivity contribution in [3.63, 3.8) is 0 Å². The maximum Gasteiger partial charge on any atom is 0.323 e. The van der Waals surface area contributed by atoms with Gasteiger partial charge in [0.15, 0.2) is 0 Å². The lowest BCUT2D eigenvalue weighted by Gasteiger charge is -2.04. The number of imidazole rings is 2. The summed E-state index contributed by atoms with van der Waals surface area (Å²) in [5.41, 5.74) is 6.25. The Labute approximate surface area is 173 Å². The fraction of sp³-hybridized carbons (Fsp3) is 0.111. The molecule has 0 spiro atoms. The summed E-state index contributed by atoms with van der Waals surface area (Å²) in [6, 6.07) is 4.03. The van der Waals surface area contributed by atoms with Gasteiger partial charge in [0.25, 0.3) is 0 Å².